The number of aromatic amines is 1. The predicted molar refractivity (Wildman–Crippen MR) is 69.0 cm³/mol. The molecule has 0 amide bonds. The maximum atomic E-state index is 13.4. The molecule has 22 heavy (non-hydrogen) atoms. The number of nitrogens with two attached hydrogens (primary N) is 1. The molecule has 5 N–H and O–H groups in total. The Morgan fingerprint density at radius 1 is 1.55 bits per heavy atom. The Morgan fingerprint density at radius 3 is 2.82 bits per heavy atom. The number of halogens is 2. The van der Waals surface area contributed by atoms with E-state index in [9.17, 15) is 23.5 Å². The Hall–Kier alpha value is -2.06. The van der Waals surface area contributed by atoms with E-state index in [1.807, 2.05) is 5.92 Å². The van der Waals surface area contributed by atoms with Crippen molar-refractivity contribution in [3.8, 4) is 11.8 Å². The second kappa shape index (κ2) is 5.98. The molecule has 4 atom stereocenters. The Morgan fingerprint density at radius 2 is 2.23 bits per heavy atom. The molecule has 1 aliphatic heterocycles. The van der Waals surface area contributed by atoms with Crippen molar-refractivity contribution in [2.75, 3.05) is 13.3 Å². The lowest BCUT2D eigenvalue weighted by Gasteiger charge is -2.27. The molecule has 1 aromatic rings. The molecule has 0 aromatic carbocycles. The molecule has 120 valence electrons. The van der Waals surface area contributed by atoms with Crippen LogP contribution in [-0.4, -0.2) is 50.8 Å². The molecule has 8 nitrogen and oxygen atoms in total. The van der Waals surface area contributed by atoms with Crippen LogP contribution in [-0.2, 0) is 4.74 Å². The van der Waals surface area contributed by atoms with Crippen molar-refractivity contribution >= 4 is 0 Å². The first-order valence-electron chi connectivity index (χ1n) is 6.15. The number of aliphatic hydroxyl groups excluding tert-OH is 2. The lowest BCUT2D eigenvalue weighted by molar-refractivity contribution is -0.0480. The van der Waals surface area contributed by atoms with Crippen LogP contribution < -0.4 is 17.0 Å². The van der Waals surface area contributed by atoms with E-state index in [0.717, 1.165) is 0 Å². The van der Waals surface area contributed by atoms with E-state index in [0.29, 0.717) is 10.8 Å². The summed E-state index contributed by atoms with van der Waals surface area (Å²) in [5, 5.41) is 19.2. The minimum atomic E-state index is -1.98. The van der Waals surface area contributed by atoms with Gasteiger partial charge in [-0.1, -0.05) is 11.8 Å². The third-order valence-electron chi connectivity index (χ3n) is 3.28. The van der Waals surface area contributed by atoms with Crippen LogP contribution in [0.2, 0.25) is 0 Å². The Bertz CT molecular complexity index is 737. The van der Waals surface area contributed by atoms with Crippen molar-refractivity contribution in [1.29, 1.82) is 0 Å². The number of alkyl halides is 1. The zero-order valence-corrected chi connectivity index (χ0v) is 11.1. The fourth-order valence-electron chi connectivity index (χ4n) is 2.20. The number of hydrogen-bond donors (Lipinski definition) is 4. The monoisotopic (exact) mass is 317 g/mol. The van der Waals surface area contributed by atoms with E-state index in [-0.39, 0.29) is 0 Å². The highest BCUT2D eigenvalue weighted by atomic mass is 19.1. The predicted octanol–water partition coefficient (Wildman–Crippen LogP) is -2.40. The van der Waals surface area contributed by atoms with Gasteiger partial charge in [0.15, 0.2) is 11.8 Å². The summed E-state index contributed by atoms with van der Waals surface area (Å²) in [5.41, 5.74) is 1.61. The lowest BCUT2D eigenvalue weighted by Crippen LogP contribution is -2.55. The number of H-pyrrole nitrogens is 1. The summed E-state index contributed by atoms with van der Waals surface area (Å²) in [7, 11) is 0. The van der Waals surface area contributed by atoms with Crippen molar-refractivity contribution in [1.82, 2.24) is 9.55 Å². The van der Waals surface area contributed by atoms with Gasteiger partial charge in [0, 0.05) is 0 Å². The van der Waals surface area contributed by atoms with Gasteiger partial charge in [0.05, 0.1) is 12.8 Å². The molecular weight excluding hydrogens is 304 g/mol. The van der Waals surface area contributed by atoms with Crippen LogP contribution in [0.5, 0.6) is 0 Å². The zero-order chi connectivity index (χ0) is 16.5. The molecule has 1 saturated heterocycles. The molecule has 1 aromatic heterocycles. The molecule has 0 aliphatic carbocycles. The van der Waals surface area contributed by atoms with E-state index in [2.05, 4.69) is 5.92 Å². The Kier molecular flexibility index (Phi) is 4.43. The number of rotatable bonds is 2. The molecule has 10 heteroatoms. The van der Waals surface area contributed by atoms with Crippen LogP contribution in [0, 0.1) is 17.7 Å². The van der Waals surface area contributed by atoms with E-state index in [4.69, 9.17) is 15.6 Å². The number of ether oxygens (including phenoxy) is 1. The number of nitrogens with one attached hydrogen (secondary N) is 1. The van der Waals surface area contributed by atoms with Crippen molar-refractivity contribution in [3.63, 3.8) is 0 Å². The van der Waals surface area contributed by atoms with Crippen molar-refractivity contribution in [3.05, 3.63) is 32.9 Å². The second-order valence-corrected chi connectivity index (χ2v) is 4.67. The summed E-state index contributed by atoms with van der Waals surface area (Å²) < 4.78 is 31.5. The van der Waals surface area contributed by atoms with Gasteiger partial charge in [-0.3, -0.25) is 14.3 Å². The number of nitrogens with zero attached hydrogens (tertiary/aromatic N) is 1. The highest BCUT2D eigenvalue weighted by molar-refractivity contribution is 5.26. The maximum Gasteiger partial charge on any atom is 0.330 e. The second-order valence-electron chi connectivity index (χ2n) is 4.67. The molecule has 0 radical (unpaired) electrons. The van der Waals surface area contributed by atoms with Crippen LogP contribution in [0.1, 0.15) is 6.23 Å². The average molecular weight is 317 g/mol. The highest BCUT2D eigenvalue weighted by Gasteiger charge is 2.54. The van der Waals surface area contributed by atoms with Gasteiger partial charge >= 0.3 is 5.69 Å². The standard InChI is InChI=1S/C12H13F2N3O5/c13-3-1-2-12(15)8(19)7(5-18)22-10(12)17-4-6(14)9(20)16-11(17)21/h4,7-8,10,18-19H,3,5,15H2,(H,16,20,21)/t7-,8?,10-,12-/m1/s1. The number of hydrogen-bond acceptors (Lipinski definition) is 6. The fraction of sp³-hybridized carbons (Fsp3) is 0.500. The van der Waals surface area contributed by atoms with Gasteiger partial charge in [-0.25, -0.2) is 9.18 Å². The van der Waals surface area contributed by atoms with Crippen LogP contribution in [0.25, 0.3) is 0 Å². The van der Waals surface area contributed by atoms with Crippen LogP contribution >= 0.6 is 0 Å². The SMILES string of the molecule is N[C@]1(C#CCF)C(O)[C@@H](CO)O[C@H]1n1cc(F)c(=O)[nH]c1=O. The summed E-state index contributed by atoms with van der Waals surface area (Å²) in [5.74, 6) is 2.94. The summed E-state index contributed by atoms with van der Waals surface area (Å²) in [6.45, 7) is -1.73. The maximum absolute atomic E-state index is 13.4. The van der Waals surface area contributed by atoms with Gasteiger partial charge in [0.1, 0.15) is 18.9 Å². The van der Waals surface area contributed by atoms with Gasteiger partial charge in [0.25, 0.3) is 5.56 Å². The van der Waals surface area contributed by atoms with Crippen LogP contribution in [0.4, 0.5) is 8.78 Å². The molecule has 1 fully saturated rings. The van der Waals surface area contributed by atoms with Crippen molar-refractivity contribution in [2.45, 2.75) is 24.0 Å². The van der Waals surface area contributed by atoms with E-state index in [1.165, 1.54) is 0 Å². The third-order valence-corrected chi connectivity index (χ3v) is 3.28. The minimum Gasteiger partial charge on any atom is -0.394 e. The van der Waals surface area contributed by atoms with Gasteiger partial charge < -0.3 is 20.7 Å². The topological polar surface area (TPSA) is 131 Å². The van der Waals surface area contributed by atoms with E-state index in [1.54, 1.807) is 4.98 Å². The summed E-state index contributed by atoms with van der Waals surface area (Å²) in [6.07, 6.45) is -3.77. The lowest BCUT2D eigenvalue weighted by atomic mass is 9.91. The van der Waals surface area contributed by atoms with E-state index >= 15 is 0 Å². The highest BCUT2D eigenvalue weighted by Crippen LogP contribution is 2.35. The first-order valence-corrected chi connectivity index (χ1v) is 6.15. The van der Waals surface area contributed by atoms with E-state index < -0.39 is 54.3 Å². The van der Waals surface area contributed by atoms with Gasteiger partial charge in [0.2, 0.25) is 5.82 Å². The first-order chi connectivity index (χ1) is 10.3. The summed E-state index contributed by atoms with van der Waals surface area (Å²) in [6, 6.07) is 0. The minimum absolute atomic E-state index is 0.539. The quantitative estimate of drug-likeness (QED) is 0.450. The molecule has 2 heterocycles. The average Bonchev–Trinajstić information content (AvgIpc) is 2.73. The first kappa shape index (κ1) is 16.3. The summed E-state index contributed by atoms with van der Waals surface area (Å²) >= 11 is 0. The van der Waals surface area contributed by atoms with Gasteiger partial charge in [-0.2, -0.15) is 4.39 Å². The van der Waals surface area contributed by atoms with Gasteiger partial charge in [-0.05, 0) is 0 Å². The molecule has 1 unspecified atom stereocenters. The van der Waals surface area contributed by atoms with Crippen LogP contribution in [0.15, 0.2) is 15.8 Å². The molecular formula is C12H13F2N3O5. The van der Waals surface area contributed by atoms with Crippen molar-refractivity contribution in [2.24, 2.45) is 5.73 Å². The number of aromatic nitrogens is 2. The Labute approximate surface area is 122 Å². The molecule has 0 bridgehead atoms. The number of aliphatic hydroxyl groups is 2. The smallest absolute Gasteiger partial charge is 0.330 e. The normalized spacial score (nSPS) is 30.9. The largest absolute Gasteiger partial charge is 0.394 e. The zero-order valence-electron chi connectivity index (χ0n) is 11.1. The molecule has 0 spiro atoms. The molecule has 0 saturated carbocycles. The van der Waals surface area contributed by atoms with Gasteiger partial charge in [-0.15, -0.1) is 0 Å². The third kappa shape index (κ3) is 2.55. The van der Waals surface area contributed by atoms with Crippen molar-refractivity contribution < 1.29 is 23.7 Å². The fourth-order valence-corrected chi connectivity index (χ4v) is 2.20. The van der Waals surface area contributed by atoms with Crippen LogP contribution in [0.3, 0.4) is 0 Å². The molecule has 2 rings (SSSR count). The summed E-state index contributed by atoms with van der Waals surface area (Å²) in [4.78, 5) is 24.5. The molecule has 1 aliphatic rings. The Balaban J connectivity index is 2.59.